The average Bonchev–Trinajstić information content (AvgIpc) is 2.47. The minimum absolute atomic E-state index is 0.683. The maximum Gasteiger partial charge on any atom is 0.221 e. The van der Waals surface area contributed by atoms with E-state index in [9.17, 15) is 0 Å². The molecule has 4 nitrogen and oxygen atoms in total. The topological polar surface area (TPSA) is 34.6 Å². The van der Waals surface area contributed by atoms with E-state index in [1.165, 1.54) is 11.1 Å². The molecule has 0 unspecified atom stereocenters. The molecule has 1 aromatic carbocycles. The van der Waals surface area contributed by atoms with E-state index >= 15 is 0 Å². The van der Waals surface area contributed by atoms with E-state index in [1.807, 2.05) is 12.1 Å². The van der Waals surface area contributed by atoms with Gasteiger partial charge in [0.15, 0.2) is 0 Å². The minimum atomic E-state index is 0.683. The zero-order chi connectivity index (χ0) is 12.4. The Kier molecular flexibility index (Phi) is 3.02. The van der Waals surface area contributed by atoms with Crippen molar-refractivity contribution < 1.29 is 9.47 Å². The molecule has 1 aliphatic rings. The Bertz CT molecular complexity index is 550. The highest BCUT2D eigenvalue weighted by Crippen LogP contribution is 2.31. The summed E-state index contributed by atoms with van der Waals surface area (Å²) in [5, 5.41) is 2.25. The molecule has 1 fully saturated rings. The Balaban J connectivity index is 2.11. The number of nitrogens with zero attached hydrogens (tertiary/aromatic N) is 2. The number of ether oxygens (including phenoxy) is 2. The van der Waals surface area contributed by atoms with Crippen LogP contribution in [0.3, 0.4) is 0 Å². The Morgan fingerprint density at radius 1 is 1.17 bits per heavy atom. The first-order valence-corrected chi connectivity index (χ1v) is 6.14. The lowest BCUT2D eigenvalue weighted by atomic mass is 10.1. The number of fused-ring (bicyclic) bond motifs is 1. The third-order valence-electron chi connectivity index (χ3n) is 3.29. The van der Waals surface area contributed by atoms with Gasteiger partial charge in [0, 0.05) is 35.7 Å². The molecule has 1 aromatic heterocycles. The molecule has 0 amide bonds. The highest BCUT2D eigenvalue weighted by molar-refractivity contribution is 5.97. The van der Waals surface area contributed by atoms with Crippen LogP contribution < -0.4 is 9.64 Å². The Morgan fingerprint density at radius 3 is 2.78 bits per heavy atom. The molecule has 0 N–H and O–H groups in total. The van der Waals surface area contributed by atoms with Crippen LogP contribution in [0, 0.1) is 0 Å². The van der Waals surface area contributed by atoms with Crippen LogP contribution in [0.1, 0.15) is 0 Å². The fraction of sp³-hybridized carbons (Fsp3) is 0.357. The van der Waals surface area contributed by atoms with E-state index in [4.69, 9.17) is 9.47 Å². The number of methoxy groups -OCH3 is 1. The number of morpholine rings is 1. The van der Waals surface area contributed by atoms with Crippen molar-refractivity contribution >= 4 is 16.5 Å². The van der Waals surface area contributed by atoms with Crippen molar-refractivity contribution in [3.05, 3.63) is 30.5 Å². The maximum atomic E-state index is 5.40. The summed E-state index contributed by atoms with van der Waals surface area (Å²) >= 11 is 0. The summed E-state index contributed by atoms with van der Waals surface area (Å²) < 4.78 is 10.7. The van der Waals surface area contributed by atoms with Crippen LogP contribution in [0.15, 0.2) is 30.5 Å². The summed E-state index contributed by atoms with van der Waals surface area (Å²) in [7, 11) is 1.66. The minimum Gasteiger partial charge on any atom is -0.481 e. The van der Waals surface area contributed by atoms with Crippen LogP contribution >= 0.6 is 0 Å². The van der Waals surface area contributed by atoms with Gasteiger partial charge in [-0.3, -0.25) is 0 Å². The first-order valence-electron chi connectivity index (χ1n) is 6.14. The number of hydrogen-bond donors (Lipinski definition) is 0. The van der Waals surface area contributed by atoms with E-state index in [-0.39, 0.29) is 0 Å². The molecule has 4 heteroatoms. The highest BCUT2D eigenvalue weighted by atomic mass is 16.5. The summed E-state index contributed by atoms with van der Waals surface area (Å²) in [6.07, 6.45) is 1.80. The second-order valence-corrected chi connectivity index (χ2v) is 4.29. The molecular formula is C14H16N2O2. The second-order valence-electron chi connectivity index (χ2n) is 4.29. The van der Waals surface area contributed by atoms with Gasteiger partial charge in [-0.2, -0.15) is 0 Å². The monoisotopic (exact) mass is 244 g/mol. The summed E-state index contributed by atoms with van der Waals surface area (Å²) in [6, 6.07) is 8.29. The zero-order valence-corrected chi connectivity index (χ0v) is 10.4. The van der Waals surface area contributed by atoms with Crippen molar-refractivity contribution in [1.29, 1.82) is 0 Å². The molecule has 0 bridgehead atoms. The van der Waals surface area contributed by atoms with Gasteiger partial charge in [-0.15, -0.1) is 0 Å². The summed E-state index contributed by atoms with van der Waals surface area (Å²) in [5.74, 6) is 0.683. The van der Waals surface area contributed by atoms with Gasteiger partial charge in [-0.05, 0) is 18.2 Å². The fourth-order valence-electron chi connectivity index (χ4n) is 2.41. The predicted molar refractivity (Wildman–Crippen MR) is 71.3 cm³/mol. The van der Waals surface area contributed by atoms with Gasteiger partial charge in [0.25, 0.3) is 0 Å². The Morgan fingerprint density at radius 2 is 2.00 bits per heavy atom. The van der Waals surface area contributed by atoms with Crippen LogP contribution in [0.25, 0.3) is 10.8 Å². The molecular weight excluding hydrogens is 228 g/mol. The first-order chi connectivity index (χ1) is 8.90. The summed E-state index contributed by atoms with van der Waals surface area (Å²) in [5.41, 5.74) is 1.23. The molecule has 3 rings (SSSR count). The average molecular weight is 244 g/mol. The van der Waals surface area contributed by atoms with E-state index in [1.54, 1.807) is 13.3 Å². The Hall–Kier alpha value is -1.81. The molecule has 2 heterocycles. The van der Waals surface area contributed by atoms with E-state index in [0.29, 0.717) is 5.88 Å². The van der Waals surface area contributed by atoms with Crippen LogP contribution in [-0.4, -0.2) is 38.4 Å². The number of aromatic nitrogens is 1. The third-order valence-corrected chi connectivity index (χ3v) is 3.29. The lowest BCUT2D eigenvalue weighted by molar-refractivity contribution is 0.123. The van der Waals surface area contributed by atoms with Gasteiger partial charge < -0.3 is 14.4 Å². The lowest BCUT2D eigenvalue weighted by Gasteiger charge is -2.29. The maximum absolute atomic E-state index is 5.40. The van der Waals surface area contributed by atoms with Crippen molar-refractivity contribution in [1.82, 2.24) is 4.98 Å². The van der Waals surface area contributed by atoms with Crippen molar-refractivity contribution in [2.75, 3.05) is 38.3 Å². The Labute approximate surface area is 106 Å². The van der Waals surface area contributed by atoms with Crippen LogP contribution in [0.5, 0.6) is 5.88 Å². The molecule has 1 saturated heterocycles. The number of pyridine rings is 1. The molecule has 0 saturated carbocycles. The first kappa shape index (κ1) is 11.3. The summed E-state index contributed by atoms with van der Waals surface area (Å²) in [6.45, 7) is 3.45. The van der Waals surface area contributed by atoms with E-state index < -0.39 is 0 Å². The van der Waals surface area contributed by atoms with Crippen LogP contribution in [0.2, 0.25) is 0 Å². The molecule has 0 spiro atoms. The van der Waals surface area contributed by atoms with Crippen molar-refractivity contribution in [3.8, 4) is 5.88 Å². The quantitative estimate of drug-likeness (QED) is 0.810. The SMILES string of the molecule is COc1nccc2c(N3CCOCC3)cccc12. The number of anilines is 1. The lowest BCUT2D eigenvalue weighted by Crippen LogP contribution is -2.36. The smallest absolute Gasteiger partial charge is 0.221 e. The highest BCUT2D eigenvalue weighted by Gasteiger charge is 2.14. The van der Waals surface area contributed by atoms with Crippen molar-refractivity contribution in [3.63, 3.8) is 0 Å². The molecule has 94 valence electrons. The van der Waals surface area contributed by atoms with Crippen molar-refractivity contribution in [2.45, 2.75) is 0 Å². The molecule has 2 aromatic rings. The molecule has 0 atom stereocenters. The van der Waals surface area contributed by atoms with Gasteiger partial charge in [-0.1, -0.05) is 6.07 Å². The van der Waals surface area contributed by atoms with Gasteiger partial charge in [0.05, 0.1) is 20.3 Å². The standard InChI is InChI=1S/C14H16N2O2/c1-17-14-12-3-2-4-13(11(12)5-6-15-14)16-7-9-18-10-8-16/h2-6H,7-10H2,1H3. The van der Waals surface area contributed by atoms with Crippen molar-refractivity contribution in [2.24, 2.45) is 0 Å². The largest absolute Gasteiger partial charge is 0.481 e. The molecule has 1 aliphatic heterocycles. The van der Waals surface area contributed by atoms with Crippen LogP contribution in [0.4, 0.5) is 5.69 Å². The molecule has 18 heavy (non-hydrogen) atoms. The number of rotatable bonds is 2. The second kappa shape index (κ2) is 4.82. The van der Waals surface area contributed by atoms with Gasteiger partial charge in [-0.25, -0.2) is 4.98 Å². The molecule has 0 radical (unpaired) electrons. The molecule has 0 aliphatic carbocycles. The fourth-order valence-corrected chi connectivity index (χ4v) is 2.41. The number of benzene rings is 1. The van der Waals surface area contributed by atoms with Gasteiger partial charge >= 0.3 is 0 Å². The van der Waals surface area contributed by atoms with Gasteiger partial charge in [0.2, 0.25) is 5.88 Å². The van der Waals surface area contributed by atoms with Gasteiger partial charge in [0.1, 0.15) is 0 Å². The predicted octanol–water partition coefficient (Wildman–Crippen LogP) is 2.08. The van der Waals surface area contributed by atoms with E-state index in [0.717, 1.165) is 31.7 Å². The van der Waals surface area contributed by atoms with Crippen LogP contribution in [-0.2, 0) is 4.74 Å². The van der Waals surface area contributed by atoms with E-state index in [2.05, 4.69) is 22.0 Å². The third kappa shape index (κ3) is 1.88. The number of hydrogen-bond acceptors (Lipinski definition) is 4. The summed E-state index contributed by atoms with van der Waals surface area (Å²) in [4.78, 5) is 6.60. The normalized spacial score (nSPS) is 15.9. The zero-order valence-electron chi connectivity index (χ0n) is 10.4.